The molecule has 0 aliphatic heterocycles. The smallest absolute Gasteiger partial charge is 0.407 e. The number of nitrogens with zero attached hydrogens (tertiary/aromatic N) is 1. The third-order valence-electron chi connectivity index (χ3n) is 11.2. The maximum absolute atomic E-state index is 12.6. The van der Waals surface area contributed by atoms with Crippen LogP contribution in [0.15, 0.2) is 24.3 Å². The van der Waals surface area contributed by atoms with Gasteiger partial charge in [0.25, 0.3) is 0 Å². The van der Waals surface area contributed by atoms with E-state index in [2.05, 4.69) is 53.7 Å². The normalized spacial score (nSPS) is 11.7. The van der Waals surface area contributed by atoms with Gasteiger partial charge in [-0.3, -0.25) is 9.59 Å². The van der Waals surface area contributed by atoms with Crippen LogP contribution in [0.2, 0.25) is 0 Å². The van der Waals surface area contributed by atoms with Gasteiger partial charge in [0.2, 0.25) is 0 Å². The predicted octanol–water partition coefficient (Wildman–Crippen LogP) is 13.7. The minimum Gasteiger partial charge on any atom is -0.466 e. The summed E-state index contributed by atoms with van der Waals surface area (Å²) in [5.41, 5.74) is 0. The molecule has 0 spiro atoms. The first-order valence-electron chi connectivity index (χ1n) is 25.8. The van der Waals surface area contributed by atoms with Gasteiger partial charge in [-0.1, -0.05) is 141 Å². The molecule has 0 aromatic carbocycles. The topological polar surface area (TPSA) is 106 Å². The summed E-state index contributed by atoms with van der Waals surface area (Å²) in [6.45, 7) is 8.30. The van der Waals surface area contributed by atoms with E-state index in [4.69, 9.17) is 14.2 Å². The van der Waals surface area contributed by atoms with Crippen molar-refractivity contribution in [2.24, 2.45) is 0 Å². The molecule has 0 rings (SSSR count). The minimum atomic E-state index is -0.405. The maximum Gasteiger partial charge on any atom is 0.407 e. The third-order valence-corrected chi connectivity index (χ3v) is 11.2. The van der Waals surface area contributed by atoms with Crippen molar-refractivity contribution in [2.75, 3.05) is 53.5 Å². The van der Waals surface area contributed by atoms with Gasteiger partial charge in [0.05, 0.1) is 13.2 Å². The molecule has 0 unspecified atom stereocenters. The highest BCUT2D eigenvalue weighted by molar-refractivity contribution is 5.69. The van der Waals surface area contributed by atoms with Gasteiger partial charge in [0.15, 0.2) is 0 Å². The summed E-state index contributed by atoms with van der Waals surface area (Å²) in [6, 6.07) is 0. The molecular weight excluding hydrogens is 763 g/mol. The number of hydrogen-bond donors (Lipinski definition) is 2. The molecule has 0 bridgehead atoms. The number of amides is 1. The van der Waals surface area contributed by atoms with E-state index in [9.17, 15) is 14.4 Å². The lowest BCUT2D eigenvalue weighted by molar-refractivity contribution is -0.144. The fraction of sp³-hybridized carbons (Fsp3) is 0.865. The molecule has 0 atom stereocenters. The van der Waals surface area contributed by atoms with Crippen LogP contribution >= 0.6 is 0 Å². The van der Waals surface area contributed by atoms with Gasteiger partial charge in [0.1, 0.15) is 6.10 Å². The molecule has 61 heavy (non-hydrogen) atoms. The number of unbranched alkanes of at least 4 members (excludes halogenated alkanes) is 24. The number of carbonyl (C=O) groups excluding carboxylic acids is 3. The first-order chi connectivity index (χ1) is 29.9. The quantitative estimate of drug-likeness (QED) is 0.0270. The summed E-state index contributed by atoms with van der Waals surface area (Å²) in [6.07, 6.45) is 46.4. The number of carbonyl (C=O) groups is 3. The maximum atomic E-state index is 12.6. The number of hydrogen-bond acceptors (Lipinski definition) is 8. The van der Waals surface area contributed by atoms with E-state index in [-0.39, 0.29) is 18.0 Å². The Morgan fingerprint density at radius 2 is 0.869 bits per heavy atom. The van der Waals surface area contributed by atoms with Crippen LogP contribution in [0.1, 0.15) is 232 Å². The van der Waals surface area contributed by atoms with E-state index in [1.165, 1.54) is 128 Å². The van der Waals surface area contributed by atoms with Crippen molar-refractivity contribution in [2.45, 2.75) is 238 Å². The van der Waals surface area contributed by atoms with Crippen LogP contribution in [-0.2, 0) is 23.8 Å². The van der Waals surface area contributed by atoms with Crippen molar-refractivity contribution >= 4 is 18.0 Å². The molecule has 1 amide bonds. The van der Waals surface area contributed by atoms with Crippen LogP contribution in [0.25, 0.3) is 0 Å². The largest absolute Gasteiger partial charge is 0.466 e. The zero-order valence-corrected chi connectivity index (χ0v) is 40.6. The van der Waals surface area contributed by atoms with E-state index in [0.29, 0.717) is 52.0 Å². The lowest BCUT2D eigenvalue weighted by atomic mass is 10.1. The Kier molecular flexibility index (Phi) is 46.7. The fourth-order valence-electron chi connectivity index (χ4n) is 7.28. The van der Waals surface area contributed by atoms with Gasteiger partial charge in [-0.05, 0) is 117 Å². The summed E-state index contributed by atoms with van der Waals surface area (Å²) >= 11 is 0. The second-order valence-corrected chi connectivity index (χ2v) is 17.6. The van der Waals surface area contributed by atoms with Crippen molar-refractivity contribution in [1.29, 1.82) is 0 Å². The average Bonchev–Trinajstić information content (AvgIpc) is 3.24. The van der Waals surface area contributed by atoms with Gasteiger partial charge in [-0.15, -0.1) is 0 Å². The zero-order chi connectivity index (χ0) is 44.5. The molecule has 9 heteroatoms. The Morgan fingerprint density at radius 1 is 0.475 bits per heavy atom. The van der Waals surface area contributed by atoms with E-state index >= 15 is 0 Å². The Morgan fingerprint density at radius 3 is 1.28 bits per heavy atom. The first-order valence-corrected chi connectivity index (χ1v) is 25.8. The van der Waals surface area contributed by atoms with Crippen molar-refractivity contribution in [3.05, 3.63) is 24.3 Å². The molecule has 9 nitrogen and oxygen atoms in total. The highest BCUT2D eigenvalue weighted by atomic mass is 16.6. The second-order valence-electron chi connectivity index (χ2n) is 17.6. The zero-order valence-electron chi connectivity index (χ0n) is 40.6. The number of esters is 2. The molecule has 0 aliphatic rings. The van der Waals surface area contributed by atoms with Crippen molar-refractivity contribution in [3.8, 4) is 0 Å². The van der Waals surface area contributed by atoms with Crippen LogP contribution in [-0.4, -0.2) is 82.5 Å². The molecule has 0 fully saturated rings. The first kappa shape index (κ1) is 58.6. The molecule has 0 aromatic heterocycles. The van der Waals surface area contributed by atoms with Crippen LogP contribution in [0.4, 0.5) is 4.79 Å². The van der Waals surface area contributed by atoms with Crippen molar-refractivity contribution in [1.82, 2.24) is 15.5 Å². The van der Waals surface area contributed by atoms with Crippen molar-refractivity contribution < 1.29 is 28.6 Å². The summed E-state index contributed by atoms with van der Waals surface area (Å²) in [5.74, 6) is -0.230. The predicted molar refractivity (Wildman–Crippen MR) is 258 cm³/mol. The number of ether oxygens (including phenoxy) is 3. The number of nitrogens with one attached hydrogen (secondary N) is 2. The highest BCUT2D eigenvalue weighted by Crippen LogP contribution is 2.16. The summed E-state index contributed by atoms with van der Waals surface area (Å²) in [4.78, 5) is 39.3. The van der Waals surface area contributed by atoms with Crippen LogP contribution in [0.3, 0.4) is 0 Å². The molecule has 0 radical (unpaired) electrons. The Bertz CT molecular complexity index is 957. The fourth-order valence-corrected chi connectivity index (χ4v) is 7.28. The van der Waals surface area contributed by atoms with E-state index in [1.807, 2.05) is 14.1 Å². The molecule has 0 saturated carbocycles. The highest BCUT2D eigenvalue weighted by Gasteiger charge is 2.15. The standard InChI is InChI=1S/C52H99N3O6/c1-5-7-9-11-13-15-17-19-21-23-25-27-29-31-33-41-50(56)59-47-37-35-39-49(61-52(58)54-44-43-53-45-46-55(3)4)40-36-38-48-60-51(57)42-34-32-30-28-26-24-22-20-18-16-14-12-10-8-6-2/h19-22,49,53H,5-18,23-48H2,1-4H3,(H,54,58)/b21-19+,22-20+. The molecular formula is C52H99N3O6. The summed E-state index contributed by atoms with van der Waals surface area (Å²) in [7, 11) is 4.07. The monoisotopic (exact) mass is 862 g/mol. The summed E-state index contributed by atoms with van der Waals surface area (Å²) in [5, 5.41) is 6.18. The third kappa shape index (κ3) is 48.5. The molecule has 0 aliphatic carbocycles. The SMILES string of the molecule is CCCCCCCC/C=C/CCCCCCCC(=O)OCCCCC(CCCCOC(=O)CCCCCCC/C=C/CCCCCCCC)OC(=O)NCCNCCN(C)C. The Hall–Kier alpha value is -2.39. The van der Waals surface area contributed by atoms with Gasteiger partial charge < -0.3 is 29.7 Å². The number of rotatable bonds is 47. The second kappa shape index (κ2) is 48.6. The molecule has 0 heterocycles. The van der Waals surface area contributed by atoms with Crippen LogP contribution in [0, 0.1) is 0 Å². The number of likely N-dealkylation sites (N-methyl/N-ethyl adjacent to an activating group) is 1. The molecule has 0 saturated heterocycles. The van der Waals surface area contributed by atoms with Gasteiger partial charge >= 0.3 is 18.0 Å². The van der Waals surface area contributed by atoms with Crippen LogP contribution in [0.5, 0.6) is 0 Å². The average molecular weight is 862 g/mol. The van der Waals surface area contributed by atoms with Crippen molar-refractivity contribution in [3.63, 3.8) is 0 Å². The minimum absolute atomic E-state index is 0.115. The van der Waals surface area contributed by atoms with Gasteiger partial charge in [-0.25, -0.2) is 4.79 Å². The number of allylic oxidation sites excluding steroid dienone is 4. The lowest BCUT2D eigenvalue weighted by Crippen LogP contribution is -2.36. The summed E-state index contributed by atoms with van der Waals surface area (Å²) < 4.78 is 16.8. The number of alkyl carbamates (subject to hydrolysis) is 1. The molecule has 2 N–H and O–H groups in total. The molecule has 358 valence electrons. The van der Waals surface area contributed by atoms with E-state index in [0.717, 1.165) is 77.3 Å². The Balaban J connectivity index is 4.15. The van der Waals surface area contributed by atoms with E-state index < -0.39 is 6.09 Å². The molecule has 0 aromatic rings. The lowest BCUT2D eigenvalue weighted by Gasteiger charge is -2.19. The van der Waals surface area contributed by atoms with Crippen LogP contribution < -0.4 is 10.6 Å². The van der Waals surface area contributed by atoms with Gasteiger partial charge in [-0.2, -0.15) is 0 Å². The van der Waals surface area contributed by atoms with E-state index in [1.54, 1.807) is 0 Å². The van der Waals surface area contributed by atoms with Gasteiger partial charge in [0, 0.05) is 39.0 Å². The Labute approximate surface area is 377 Å².